The molecule has 0 radical (unpaired) electrons. The average Bonchev–Trinajstić information content (AvgIpc) is 3.34. The molecule has 37 heavy (non-hydrogen) atoms. The van der Waals surface area contributed by atoms with Crippen LogP contribution >= 0.6 is 27.5 Å². The highest BCUT2D eigenvalue weighted by molar-refractivity contribution is 9.10. The van der Waals surface area contributed by atoms with E-state index in [4.69, 9.17) is 11.6 Å². The quantitative estimate of drug-likeness (QED) is 0.320. The van der Waals surface area contributed by atoms with E-state index in [9.17, 15) is 13.2 Å². The number of anilines is 1. The van der Waals surface area contributed by atoms with Gasteiger partial charge in [-0.05, 0) is 76.8 Å². The SMILES string of the molecule is CC1CC(c2cn(-c3cc(Cl)ccc3Br)nn2)CCN1C(=O)c1cc2ccccc2cc1NS(C)(=O)=O. The zero-order valence-corrected chi connectivity index (χ0v) is 23.4. The number of benzene rings is 3. The Kier molecular flexibility index (Phi) is 6.99. The molecule has 1 aliphatic heterocycles. The summed E-state index contributed by atoms with van der Waals surface area (Å²) < 4.78 is 29.2. The minimum absolute atomic E-state index is 0.0770. The molecule has 0 saturated carbocycles. The van der Waals surface area contributed by atoms with E-state index in [0.29, 0.717) is 30.0 Å². The second kappa shape index (κ2) is 10.1. The molecule has 1 aliphatic rings. The first-order valence-electron chi connectivity index (χ1n) is 11.8. The van der Waals surface area contributed by atoms with Gasteiger partial charge in [0.1, 0.15) is 0 Å². The second-order valence-electron chi connectivity index (χ2n) is 9.37. The molecule has 1 aromatic heterocycles. The Morgan fingerprint density at radius 1 is 1.14 bits per heavy atom. The molecule has 0 aliphatic carbocycles. The van der Waals surface area contributed by atoms with Gasteiger partial charge in [-0.3, -0.25) is 9.52 Å². The number of nitrogens with one attached hydrogen (secondary N) is 1. The predicted octanol–water partition coefficient (Wildman–Crippen LogP) is 5.62. The molecule has 2 heterocycles. The maximum atomic E-state index is 13.7. The number of fused-ring (bicyclic) bond motifs is 1. The Morgan fingerprint density at radius 3 is 2.57 bits per heavy atom. The molecule has 1 fully saturated rings. The van der Waals surface area contributed by atoms with Crippen LogP contribution in [0, 0.1) is 0 Å². The van der Waals surface area contributed by atoms with Gasteiger partial charge in [-0.25, -0.2) is 13.1 Å². The molecule has 2 unspecified atom stereocenters. The van der Waals surface area contributed by atoms with Crippen molar-refractivity contribution in [2.45, 2.75) is 31.7 Å². The van der Waals surface area contributed by atoms with E-state index in [0.717, 1.165) is 32.9 Å². The zero-order valence-electron chi connectivity index (χ0n) is 20.2. The van der Waals surface area contributed by atoms with Crippen LogP contribution in [0.25, 0.3) is 16.5 Å². The molecule has 0 spiro atoms. The van der Waals surface area contributed by atoms with Gasteiger partial charge in [0.05, 0.1) is 35.1 Å². The lowest BCUT2D eigenvalue weighted by molar-refractivity contribution is 0.0616. The molecule has 0 bridgehead atoms. The predicted molar refractivity (Wildman–Crippen MR) is 149 cm³/mol. The van der Waals surface area contributed by atoms with Crippen molar-refractivity contribution in [2.24, 2.45) is 0 Å². The highest BCUT2D eigenvalue weighted by Crippen LogP contribution is 2.34. The van der Waals surface area contributed by atoms with Crippen LogP contribution in [0.15, 0.2) is 65.3 Å². The van der Waals surface area contributed by atoms with E-state index in [1.165, 1.54) is 0 Å². The van der Waals surface area contributed by atoms with Gasteiger partial charge in [-0.1, -0.05) is 41.1 Å². The van der Waals surface area contributed by atoms with E-state index in [2.05, 4.69) is 31.0 Å². The summed E-state index contributed by atoms with van der Waals surface area (Å²) in [5.74, 6) is -0.0645. The summed E-state index contributed by atoms with van der Waals surface area (Å²) in [5, 5.41) is 11.0. The van der Waals surface area contributed by atoms with Crippen molar-refractivity contribution in [3.8, 4) is 5.69 Å². The van der Waals surface area contributed by atoms with Crippen molar-refractivity contribution in [3.05, 3.63) is 81.5 Å². The molecule has 1 N–H and O–H groups in total. The van der Waals surface area contributed by atoms with Crippen molar-refractivity contribution < 1.29 is 13.2 Å². The van der Waals surface area contributed by atoms with Crippen LogP contribution in [0.3, 0.4) is 0 Å². The summed E-state index contributed by atoms with van der Waals surface area (Å²) in [6.07, 6.45) is 4.42. The van der Waals surface area contributed by atoms with Crippen LogP contribution < -0.4 is 4.72 Å². The number of carbonyl (C=O) groups is 1. The Hall–Kier alpha value is -2.95. The summed E-state index contributed by atoms with van der Waals surface area (Å²) in [4.78, 5) is 15.5. The highest BCUT2D eigenvalue weighted by atomic mass is 79.9. The maximum absolute atomic E-state index is 13.7. The Balaban J connectivity index is 1.38. The topological polar surface area (TPSA) is 97.2 Å². The molecular formula is C26H25BrClN5O3S. The van der Waals surface area contributed by atoms with Gasteiger partial charge >= 0.3 is 0 Å². The molecule has 3 aromatic carbocycles. The number of sulfonamides is 1. The number of carbonyl (C=O) groups excluding carboxylic acids is 1. The van der Waals surface area contributed by atoms with E-state index in [-0.39, 0.29) is 23.6 Å². The van der Waals surface area contributed by atoms with Crippen molar-refractivity contribution in [3.63, 3.8) is 0 Å². The van der Waals surface area contributed by atoms with Gasteiger partial charge in [-0.15, -0.1) is 5.10 Å². The van der Waals surface area contributed by atoms with E-state index < -0.39 is 10.0 Å². The third-order valence-corrected chi connectivity index (χ3v) is 8.13. The molecular weight excluding hydrogens is 578 g/mol. The van der Waals surface area contributed by atoms with Crippen LogP contribution in [-0.2, 0) is 10.0 Å². The van der Waals surface area contributed by atoms with Crippen molar-refractivity contribution in [1.82, 2.24) is 19.9 Å². The summed E-state index contributed by atoms with van der Waals surface area (Å²) >= 11 is 9.69. The molecule has 4 aromatic rings. The van der Waals surface area contributed by atoms with Crippen LogP contribution in [0.4, 0.5) is 5.69 Å². The van der Waals surface area contributed by atoms with E-state index in [1.807, 2.05) is 54.4 Å². The number of nitrogens with zero attached hydrogens (tertiary/aromatic N) is 4. The first kappa shape index (κ1) is 25.7. The summed E-state index contributed by atoms with van der Waals surface area (Å²) in [7, 11) is -3.57. The summed E-state index contributed by atoms with van der Waals surface area (Å²) in [6.45, 7) is 2.52. The number of amides is 1. The fourth-order valence-electron chi connectivity index (χ4n) is 4.84. The monoisotopic (exact) mass is 601 g/mol. The minimum Gasteiger partial charge on any atom is -0.336 e. The first-order valence-corrected chi connectivity index (χ1v) is 14.8. The lowest BCUT2D eigenvalue weighted by atomic mass is 9.88. The van der Waals surface area contributed by atoms with Crippen LogP contribution in [0.5, 0.6) is 0 Å². The number of likely N-dealkylation sites (tertiary alicyclic amines) is 1. The third-order valence-electron chi connectivity index (χ3n) is 6.63. The molecule has 1 saturated heterocycles. The molecule has 11 heteroatoms. The molecule has 1 amide bonds. The normalized spacial score (nSPS) is 18.2. The number of aromatic nitrogens is 3. The van der Waals surface area contributed by atoms with Gasteiger partial charge < -0.3 is 4.90 Å². The maximum Gasteiger partial charge on any atom is 0.256 e. The Bertz CT molecular complexity index is 1610. The highest BCUT2D eigenvalue weighted by Gasteiger charge is 2.33. The van der Waals surface area contributed by atoms with Gasteiger partial charge in [0.2, 0.25) is 10.0 Å². The molecule has 192 valence electrons. The molecule has 2 atom stereocenters. The lowest BCUT2D eigenvalue weighted by Gasteiger charge is -2.37. The number of halogens is 2. The number of piperidine rings is 1. The van der Waals surface area contributed by atoms with Crippen LogP contribution in [0.1, 0.15) is 41.7 Å². The number of hydrogen-bond acceptors (Lipinski definition) is 5. The van der Waals surface area contributed by atoms with Crippen molar-refractivity contribution in [2.75, 3.05) is 17.5 Å². The number of rotatable bonds is 5. The average molecular weight is 603 g/mol. The fourth-order valence-corrected chi connectivity index (χ4v) is 6.00. The van der Waals surface area contributed by atoms with Crippen LogP contribution in [0.2, 0.25) is 5.02 Å². The fraction of sp³-hybridized carbons (Fsp3) is 0.269. The Morgan fingerprint density at radius 2 is 1.86 bits per heavy atom. The number of hydrogen-bond donors (Lipinski definition) is 1. The summed E-state index contributed by atoms with van der Waals surface area (Å²) in [6, 6.07) is 16.5. The van der Waals surface area contributed by atoms with Crippen LogP contribution in [-0.4, -0.2) is 53.1 Å². The second-order valence-corrected chi connectivity index (χ2v) is 12.4. The third kappa shape index (κ3) is 5.51. The molecule has 5 rings (SSSR count). The van der Waals surface area contributed by atoms with Crippen molar-refractivity contribution in [1.29, 1.82) is 0 Å². The van der Waals surface area contributed by atoms with E-state index >= 15 is 0 Å². The largest absolute Gasteiger partial charge is 0.336 e. The minimum atomic E-state index is -3.57. The smallest absolute Gasteiger partial charge is 0.256 e. The summed E-state index contributed by atoms with van der Waals surface area (Å²) in [5.41, 5.74) is 2.28. The van der Waals surface area contributed by atoms with Crippen molar-refractivity contribution >= 4 is 59.9 Å². The zero-order chi connectivity index (χ0) is 26.3. The van der Waals surface area contributed by atoms with Gasteiger partial charge in [-0.2, -0.15) is 0 Å². The lowest BCUT2D eigenvalue weighted by Crippen LogP contribution is -2.44. The van der Waals surface area contributed by atoms with Gasteiger partial charge in [0, 0.05) is 28.0 Å². The van der Waals surface area contributed by atoms with Gasteiger partial charge in [0.15, 0.2) is 0 Å². The Labute approximate surface area is 228 Å². The van der Waals surface area contributed by atoms with Gasteiger partial charge in [0.25, 0.3) is 5.91 Å². The molecule has 8 nitrogen and oxygen atoms in total. The standard InChI is InChI=1S/C26H25BrClN5O3S/c1-16-11-19(24-15-33(31-29-24)25-14-20(28)7-8-22(25)27)9-10-32(16)26(34)21-12-17-5-3-4-6-18(17)13-23(21)30-37(2,35)36/h3-8,12-16,19,30H,9-11H2,1-2H3. The first-order chi connectivity index (χ1) is 17.6. The van der Waals surface area contributed by atoms with E-state index in [1.54, 1.807) is 22.9 Å².